The van der Waals surface area contributed by atoms with E-state index in [1.165, 1.54) is 9.78 Å². The maximum Gasteiger partial charge on any atom is 0.254 e. The second kappa shape index (κ2) is 6.19. The fraction of sp³-hybridized carbons (Fsp3) is 0.357. The molecule has 5 nitrogen and oxygen atoms in total. The second-order valence-electron chi connectivity index (χ2n) is 5.45. The Labute approximate surface area is 146 Å². The molecule has 0 aromatic carbocycles. The molecule has 0 saturated carbocycles. The number of halogens is 1. The fourth-order valence-electron chi connectivity index (χ4n) is 2.49. The Morgan fingerprint density at radius 2 is 2.14 bits per heavy atom. The molecule has 1 atom stereocenters. The summed E-state index contributed by atoms with van der Waals surface area (Å²) >= 11 is 10.8. The Bertz CT molecular complexity index is 879. The van der Waals surface area contributed by atoms with E-state index >= 15 is 0 Å². The van der Waals surface area contributed by atoms with Crippen molar-refractivity contribution in [1.29, 1.82) is 0 Å². The lowest BCUT2D eigenvalue weighted by Crippen LogP contribution is -3.06. The quantitative estimate of drug-likeness (QED) is 0.685. The molecule has 3 aromatic rings. The zero-order valence-electron chi connectivity index (χ0n) is 12.6. The molecule has 8 heteroatoms. The number of nitrogens with one attached hydrogen (secondary N) is 1. The number of hydrogen-bond acceptors (Lipinski definition) is 4. The van der Waals surface area contributed by atoms with Gasteiger partial charge in [0.2, 0.25) is 4.77 Å². The number of quaternary nitrogens is 1. The summed E-state index contributed by atoms with van der Waals surface area (Å²) in [6.45, 7) is 5.66. The van der Waals surface area contributed by atoms with Gasteiger partial charge in [0.1, 0.15) is 6.54 Å². The molecule has 3 aromatic heterocycles. The molecule has 0 aliphatic carbocycles. The highest BCUT2D eigenvalue weighted by Crippen LogP contribution is 2.21. The van der Waals surface area contributed by atoms with E-state index in [0.29, 0.717) is 10.5 Å². The average molecular weight is 399 g/mol. The predicted octanol–water partition coefficient (Wildman–Crippen LogP) is 2.37. The molecule has 0 amide bonds. The second-order valence-corrected chi connectivity index (χ2v) is 8.37. The minimum absolute atomic E-state index is 0.675. The summed E-state index contributed by atoms with van der Waals surface area (Å²) in [5, 5.41) is 4.56. The average Bonchev–Trinajstić information content (AvgIpc) is 2.94. The van der Waals surface area contributed by atoms with Crippen LogP contribution in [0.3, 0.4) is 0 Å². The van der Waals surface area contributed by atoms with Gasteiger partial charge in [-0.3, -0.25) is 4.40 Å². The largest absolute Gasteiger partial charge is 0.314 e. The number of rotatable bonds is 4. The van der Waals surface area contributed by atoms with E-state index in [9.17, 15) is 0 Å². The van der Waals surface area contributed by atoms with Crippen molar-refractivity contribution in [1.82, 2.24) is 19.2 Å². The summed E-state index contributed by atoms with van der Waals surface area (Å²) in [5.41, 5.74) is 2.03. The monoisotopic (exact) mass is 398 g/mol. The molecule has 1 unspecified atom stereocenters. The third-order valence-corrected chi connectivity index (χ3v) is 5.41. The van der Waals surface area contributed by atoms with Crippen LogP contribution in [0.1, 0.15) is 16.3 Å². The first kappa shape index (κ1) is 15.8. The van der Waals surface area contributed by atoms with Crippen LogP contribution in [0.15, 0.2) is 22.0 Å². The van der Waals surface area contributed by atoms with E-state index < -0.39 is 0 Å². The molecule has 0 aliphatic heterocycles. The van der Waals surface area contributed by atoms with Crippen molar-refractivity contribution in [2.24, 2.45) is 0 Å². The maximum atomic E-state index is 5.55. The molecule has 22 heavy (non-hydrogen) atoms. The van der Waals surface area contributed by atoms with E-state index in [1.807, 2.05) is 29.0 Å². The number of nitrogens with zero attached hydrogens (tertiary/aromatic N) is 4. The van der Waals surface area contributed by atoms with Gasteiger partial charge in [-0.1, -0.05) is 0 Å². The van der Waals surface area contributed by atoms with Crippen molar-refractivity contribution >= 4 is 45.3 Å². The van der Waals surface area contributed by atoms with Crippen LogP contribution < -0.4 is 4.90 Å². The molecular weight excluding hydrogens is 382 g/mol. The highest BCUT2D eigenvalue weighted by Gasteiger charge is 2.12. The summed E-state index contributed by atoms with van der Waals surface area (Å²) in [6.07, 6.45) is 0. The molecule has 3 rings (SSSR count). The standard InChI is InChI=1S/C14H16BrN5S2/c1-9-6-10(2)20-13(16-9)17-19(14(20)21)8-18(3)7-11-4-5-12(15)22-11/h4-6H,7-8H2,1-3H3/p+1. The highest BCUT2D eigenvalue weighted by atomic mass is 79.9. The maximum absolute atomic E-state index is 5.55. The van der Waals surface area contributed by atoms with Gasteiger partial charge in [0.05, 0.1) is 15.7 Å². The van der Waals surface area contributed by atoms with Gasteiger partial charge in [0.15, 0.2) is 6.67 Å². The van der Waals surface area contributed by atoms with E-state index in [4.69, 9.17) is 12.2 Å². The lowest BCUT2D eigenvalue weighted by atomic mass is 10.3. The molecule has 1 N–H and O–H groups in total. The topological polar surface area (TPSA) is 39.6 Å². The Morgan fingerprint density at radius 1 is 1.36 bits per heavy atom. The van der Waals surface area contributed by atoms with Crippen molar-refractivity contribution in [3.8, 4) is 0 Å². The molecule has 116 valence electrons. The van der Waals surface area contributed by atoms with Crippen LogP contribution in [0.25, 0.3) is 5.78 Å². The number of fused-ring (bicyclic) bond motifs is 1. The molecule has 0 fully saturated rings. The fourth-order valence-corrected chi connectivity index (χ4v) is 4.42. The summed E-state index contributed by atoms with van der Waals surface area (Å²) in [5.74, 6) is 0.675. The van der Waals surface area contributed by atoms with Crippen LogP contribution >= 0.6 is 39.5 Å². The first-order valence-electron chi connectivity index (χ1n) is 6.93. The van der Waals surface area contributed by atoms with E-state index in [1.54, 1.807) is 11.3 Å². The van der Waals surface area contributed by atoms with Crippen LogP contribution in [0, 0.1) is 18.6 Å². The smallest absolute Gasteiger partial charge is 0.254 e. The van der Waals surface area contributed by atoms with E-state index in [2.05, 4.69) is 45.2 Å². The lowest BCUT2D eigenvalue weighted by Gasteiger charge is -2.12. The third-order valence-electron chi connectivity index (χ3n) is 3.39. The lowest BCUT2D eigenvalue weighted by molar-refractivity contribution is -0.917. The van der Waals surface area contributed by atoms with Gasteiger partial charge in [-0.25, -0.2) is 4.98 Å². The third kappa shape index (κ3) is 3.15. The van der Waals surface area contributed by atoms with Gasteiger partial charge in [0.25, 0.3) is 5.78 Å². The number of aromatic nitrogens is 4. The number of thiophene rings is 1. The van der Waals surface area contributed by atoms with Gasteiger partial charge in [0, 0.05) is 11.4 Å². The zero-order chi connectivity index (χ0) is 15.9. The Morgan fingerprint density at radius 3 is 2.82 bits per heavy atom. The van der Waals surface area contributed by atoms with Crippen molar-refractivity contribution in [3.63, 3.8) is 0 Å². The van der Waals surface area contributed by atoms with Crippen LogP contribution in [-0.2, 0) is 13.2 Å². The van der Waals surface area contributed by atoms with Gasteiger partial charge < -0.3 is 4.90 Å². The Kier molecular flexibility index (Phi) is 4.44. The van der Waals surface area contributed by atoms with Crippen molar-refractivity contribution in [3.05, 3.63) is 43.0 Å². The van der Waals surface area contributed by atoms with Crippen LogP contribution in [-0.4, -0.2) is 26.2 Å². The molecule has 0 bridgehead atoms. The SMILES string of the molecule is Cc1cc(C)n2c(=S)n(C[NH+](C)Cc3ccc(Br)s3)nc2n1. The van der Waals surface area contributed by atoms with E-state index in [0.717, 1.165) is 28.4 Å². The first-order valence-corrected chi connectivity index (χ1v) is 8.95. The van der Waals surface area contributed by atoms with Crippen LogP contribution in [0.2, 0.25) is 0 Å². The van der Waals surface area contributed by atoms with Crippen molar-refractivity contribution in [2.75, 3.05) is 7.05 Å². The molecular formula is C14H17BrN5S2+. The molecule has 0 saturated heterocycles. The molecule has 0 radical (unpaired) electrons. The van der Waals surface area contributed by atoms with Crippen molar-refractivity contribution < 1.29 is 4.90 Å². The van der Waals surface area contributed by atoms with E-state index in [-0.39, 0.29) is 0 Å². The minimum Gasteiger partial charge on any atom is -0.314 e. The summed E-state index contributed by atoms with van der Waals surface area (Å²) in [6, 6.07) is 6.25. The summed E-state index contributed by atoms with van der Waals surface area (Å²) < 4.78 is 5.65. The van der Waals surface area contributed by atoms with Crippen LogP contribution in [0.4, 0.5) is 0 Å². The Hall–Kier alpha value is -1.09. The highest BCUT2D eigenvalue weighted by molar-refractivity contribution is 9.11. The number of hydrogen-bond donors (Lipinski definition) is 1. The predicted molar refractivity (Wildman–Crippen MR) is 93.9 cm³/mol. The zero-order valence-corrected chi connectivity index (χ0v) is 15.8. The normalized spacial score (nSPS) is 12.9. The van der Waals surface area contributed by atoms with Crippen LogP contribution in [0.5, 0.6) is 0 Å². The molecule has 3 heterocycles. The van der Waals surface area contributed by atoms with Gasteiger partial charge in [-0.05, 0) is 60.2 Å². The van der Waals surface area contributed by atoms with Gasteiger partial charge >= 0.3 is 0 Å². The van der Waals surface area contributed by atoms with Gasteiger partial charge in [-0.2, -0.15) is 4.68 Å². The Balaban J connectivity index is 1.86. The summed E-state index contributed by atoms with van der Waals surface area (Å²) in [7, 11) is 2.14. The minimum atomic E-state index is 0.675. The number of aryl methyl sites for hydroxylation is 2. The van der Waals surface area contributed by atoms with Gasteiger partial charge in [-0.15, -0.1) is 16.4 Å². The molecule has 0 aliphatic rings. The van der Waals surface area contributed by atoms with Crippen molar-refractivity contribution in [2.45, 2.75) is 27.1 Å². The summed E-state index contributed by atoms with van der Waals surface area (Å²) in [4.78, 5) is 7.12. The molecule has 0 spiro atoms. The first-order chi connectivity index (χ1) is 10.4.